The lowest BCUT2D eigenvalue weighted by Gasteiger charge is -2.58. The van der Waals surface area contributed by atoms with Gasteiger partial charge in [-0.05, 0) is 83.0 Å². The summed E-state index contributed by atoms with van der Waals surface area (Å²) in [7, 11) is 1.54. The van der Waals surface area contributed by atoms with Crippen LogP contribution in [0.25, 0.3) is 0 Å². The highest BCUT2D eigenvalue weighted by molar-refractivity contribution is 5.78. The number of hydrogen-bond acceptors (Lipinski definition) is 6. The molecule has 4 saturated carbocycles. The van der Waals surface area contributed by atoms with Crippen LogP contribution in [0.4, 0.5) is 0 Å². The topological polar surface area (TPSA) is 77.7 Å². The molecule has 39 heavy (non-hydrogen) atoms. The van der Waals surface area contributed by atoms with Gasteiger partial charge in [-0.1, -0.05) is 46.8 Å². The van der Waals surface area contributed by atoms with Crippen molar-refractivity contribution >= 4 is 11.9 Å². The average Bonchev–Trinajstić information content (AvgIpc) is 3.69. The molecule has 6 fully saturated rings. The van der Waals surface area contributed by atoms with Gasteiger partial charge in [-0.15, -0.1) is 0 Å². The Hall–Kier alpha value is -1.40. The van der Waals surface area contributed by atoms with Crippen LogP contribution >= 0.6 is 0 Å². The van der Waals surface area contributed by atoms with Crippen molar-refractivity contribution in [2.24, 2.45) is 33.5 Å². The molecule has 0 bridgehead atoms. The molecular formula is C33H50O6. The molecule has 6 aliphatic rings. The summed E-state index contributed by atoms with van der Waals surface area (Å²) in [6, 6.07) is 0. The maximum absolute atomic E-state index is 13.4. The first-order valence-electron chi connectivity index (χ1n) is 15.3. The Kier molecular flexibility index (Phi) is 5.63. The van der Waals surface area contributed by atoms with E-state index in [1.807, 2.05) is 0 Å². The van der Waals surface area contributed by atoms with Crippen LogP contribution in [0.3, 0.4) is 0 Å². The van der Waals surface area contributed by atoms with E-state index in [0.29, 0.717) is 5.92 Å². The van der Waals surface area contributed by atoms with Gasteiger partial charge in [-0.2, -0.15) is 0 Å². The first kappa shape index (κ1) is 27.8. The van der Waals surface area contributed by atoms with Gasteiger partial charge >= 0.3 is 11.9 Å². The Balaban J connectivity index is 1.38. The molecule has 0 N–H and O–H groups in total. The predicted molar refractivity (Wildman–Crippen MR) is 148 cm³/mol. The first-order chi connectivity index (χ1) is 18.0. The SMILES string of the molecule is COC(=O)[C@]12CCC(C)(C)C[C@H]1[C@]1(/C=C/[C@@]34O[C@]3(C)CC[C@H]3C(C)(C)[C@@H](OC(C)=O)CC[C@@]34C)O[C@]1(C)CC2. The number of carbonyl (C=O) groups excluding carboxylic acids is 2. The smallest absolute Gasteiger partial charge is 0.312 e. The fraction of sp³-hybridized carbons (Fsp3) is 0.879. The quantitative estimate of drug-likeness (QED) is 0.228. The van der Waals surface area contributed by atoms with Crippen LogP contribution < -0.4 is 0 Å². The van der Waals surface area contributed by atoms with Crippen LogP contribution in [0.5, 0.6) is 0 Å². The zero-order chi connectivity index (χ0) is 28.5. The van der Waals surface area contributed by atoms with Gasteiger partial charge in [-0.25, -0.2) is 0 Å². The normalized spacial score (nSPS) is 52.5. The number of epoxide rings is 2. The minimum atomic E-state index is -0.487. The molecule has 0 spiro atoms. The zero-order valence-electron chi connectivity index (χ0n) is 25.7. The van der Waals surface area contributed by atoms with E-state index >= 15 is 0 Å². The molecule has 2 aliphatic heterocycles. The predicted octanol–water partition coefficient (Wildman–Crippen LogP) is 6.55. The summed E-state index contributed by atoms with van der Waals surface area (Å²) in [6.07, 6.45) is 13.0. The monoisotopic (exact) mass is 542 g/mol. The number of ether oxygens (including phenoxy) is 4. The minimum Gasteiger partial charge on any atom is -0.469 e. The van der Waals surface area contributed by atoms with Gasteiger partial charge in [0.1, 0.15) is 17.3 Å². The summed E-state index contributed by atoms with van der Waals surface area (Å²) in [5.41, 5.74) is -1.91. The number of hydrogen-bond donors (Lipinski definition) is 0. The fourth-order valence-electron chi connectivity index (χ4n) is 10.7. The van der Waals surface area contributed by atoms with Gasteiger partial charge in [-0.3, -0.25) is 9.59 Å². The third kappa shape index (κ3) is 3.40. The molecule has 6 rings (SSSR count). The van der Waals surface area contributed by atoms with E-state index in [1.54, 1.807) is 0 Å². The van der Waals surface area contributed by atoms with Crippen LogP contribution in [0.15, 0.2) is 12.2 Å². The van der Waals surface area contributed by atoms with Crippen LogP contribution in [0.2, 0.25) is 0 Å². The highest BCUT2D eigenvalue weighted by Crippen LogP contribution is 2.75. The third-order valence-electron chi connectivity index (χ3n) is 13.2. The van der Waals surface area contributed by atoms with Crippen molar-refractivity contribution in [2.75, 3.05) is 7.11 Å². The van der Waals surface area contributed by atoms with Crippen molar-refractivity contribution in [1.29, 1.82) is 0 Å². The van der Waals surface area contributed by atoms with Crippen molar-refractivity contribution in [3.05, 3.63) is 12.2 Å². The lowest BCUT2D eigenvalue weighted by Crippen LogP contribution is -2.60. The molecule has 2 saturated heterocycles. The van der Waals surface area contributed by atoms with Gasteiger partial charge in [0, 0.05) is 23.7 Å². The Morgan fingerprint density at radius 1 is 0.795 bits per heavy atom. The maximum Gasteiger partial charge on any atom is 0.312 e. The van der Waals surface area contributed by atoms with E-state index in [-0.39, 0.29) is 51.4 Å². The van der Waals surface area contributed by atoms with Crippen LogP contribution in [0.1, 0.15) is 113 Å². The standard InChI is InChI=1S/C33H50O6/c1-21(34)37-24-11-12-28(6)22(27(24,4)5)10-13-30(8)33(28,39-30)19-18-32-23-20-26(2,3)14-16-31(23,25(35)36-9)17-15-29(32,7)38-32/h18-19,22-24H,10-17,20H2,1-9H3/b19-18+/t22-,23+,24-,28-,29+,30+,31-,32-,33-/m0/s1. The van der Waals surface area contributed by atoms with E-state index < -0.39 is 16.6 Å². The highest BCUT2D eigenvalue weighted by atomic mass is 16.6. The minimum absolute atomic E-state index is 0.0609. The summed E-state index contributed by atoms with van der Waals surface area (Å²) in [5, 5.41) is 0. The van der Waals surface area contributed by atoms with Gasteiger partial charge in [0.05, 0.1) is 23.7 Å². The number of esters is 2. The molecular weight excluding hydrogens is 492 g/mol. The molecule has 9 atom stereocenters. The highest BCUT2D eigenvalue weighted by Gasteiger charge is 2.81. The molecule has 2 heterocycles. The van der Waals surface area contributed by atoms with Crippen LogP contribution in [0, 0.1) is 33.5 Å². The Morgan fingerprint density at radius 2 is 1.49 bits per heavy atom. The van der Waals surface area contributed by atoms with Crippen molar-refractivity contribution in [3.63, 3.8) is 0 Å². The largest absolute Gasteiger partial charge is 0.469 e. The number of fused-ring (bicyclic) bond motifs is 6. The average molecular weight is 543 g/mol. The fourth-order valence-corrected chi connectivity index (χ4v) is 10.7. The molecule has 4 aliphatic carbocycles. The summed E-state index contributed by atoms with van der Waals surface area (Å²) < 4.78 is 25.0. The molecule has 0 aromatic carbocycles. The van der Waals surface area contributed by atoms with Crippen LogP contribution in [-0.4, -0.2) is 47.6 Å². The van der Waals surface area contributed by atoms with Crippen LogP contribution in [-0.2, 0) is 28.5 Å². The van der Waals surface area contributed by atoms with Crippen molar-refractivity contribution in [2.45, 2.75) is 142 Å². The van der Waals surface area contributed by atoms with Gasteiger partial charge in [0.25, 0.3) is 0 Å². The molecule has 0 radical (unpaired) electrons. The molecule has 6 nitrogen and oxygen atoms in total. The van der Waals surface area contributed by atoms with E-state index in [0.717, 1.165) is 57.8 Å². The molecule has 6 heteroatoms. The number of carbonyl (C=O) groups is 2. The lowest BCUT2D eigenvalue weighted by molar-refractivity contribution is -0.174. The third-order valence-corrected chi connectivity index (χ3v) is 13.2. The Morgan fingerprint density at radius 3 is 2.15 bits per heavy atom. The summed E-state index contributed by atoms with van der Waals surface area (Å²) in [4.78, 5) is 25.4. The lowest BCUT2D eigenvalue weighted by atomic mass is 9.45. The van der Waals surface area contributed by atoms with Gasteiger partial charge in [0.15, 0.2) is 0 Å². The van der Waals surface area contributed by atoms with E-state index in [9.17, 15) is 9.59 Å². The maximum atomic E-state index is 13.4. The van der Waals surface area contributed by atoms with E-state index in [2.05, 4.69) is 60.6 Å². The molecule has 0 amide bonds. The summed E-state index contributed by atoms with van der Waals surface area (Å²) in [6.45, 7) is 17.7. The second kappa shape index (κ2) is 7.91. The molecule has 0 aromatic heterocycles. The first-order valence-corrected chi connectivity index (χ1v) is 15.3. The number of rotatable bonds is 4. The summed E-state index contributed by atoms with van der Waals surface area (Å²) in [5.74, 6) is 0.192. The van der Waals surface area contributed by atoms with Crippen molar-refractivity contribution < 1.29 is 28.5 Å². The molecule has 0 aromatic rings. The summed E-state index contributed by atoms with van der Waals surface area (Å²) >= 11 is 0. The zero-order valence-corrected chi connectivity index (χ0v) is 25.7. The molecule has 0 unspecified atom stereocenters. The van der Waals surface area contributed by atoms with E-state index in [4.69, 9.17) is 18.9 Å². The Labute approximate surface area is 234 Å². The van der Waals surface area contributed by atoms with Crippen molar-refractivity contribution in [1.82, 2.24) is 0 Å². The van der Waals surface area contributed by atoms with Crippen molar-refractivity contribution in [3.8, 4) is 0 Å². The second-order valence-electron chi connectivity index (χ2n) is 16.1. The van der Waals surface area contributed by atoms with Gasteiger partial charge in [0.2, 0.25) is 0 Å². The second-order valence-corrected chi connectivity index (χ2v) is 16.1. The van der Waals surface area contributed by atoms with Gasteiger partial charge < -0.3 is 18.9 Å². The number of methoxy groups -OCH3 is 1. The van der Waals surface area contributed by atoms with E-state index in [1.165, 1.54) is 14.0 Å². The molecule has 218 valence electrons. The Bertz CT molecular complexity index is 1130.